The van der Waals surface area contributed by atoms with Crippen LogP contribution in [-0.2, 0) is 6.42 Å². The van der Waals surface area contributed by atoms with Crippen LogP contribution in [0.2, 0.25) is 0 Å². The molecule has 0 bridgehead atoms. The minimum atomic E-state index is -0.0656. The predicted octanol–water partition coefficient (Wildman–Crippen LogP) is 3.82. The number of carbonyl (C=O) groups excluding carboxylic acids is 1. The first-order valence-corrected chi connectivity index (χ1v) is 9.81. The zero-order chi connectivity index (χ0) is 20.1. The normalized spacial score (nSPS) is 11.7. The maximum Gasteiger partial charge on any atom is 0.238 e. The van der Waals surface area contributed by atoms with Crippen LogP contribution in [0.4, 0.5) is 0 Å². The molecule has 1 aromatic carbocycles. The Morgan fingerprint density at radius 2 is 1.96 bits per heavy atom. The largest absolute Gasteiger partial charge is 0.493 e. The van der Waals surface area contributed by atoms with Crippen LogP contribution in [0.3, 0.4) is 0 Å². The molecule has 0 atom stereocenters. The SMILES string of the molecule is COc1ccc(-c2nc(CC(=O)n3ccccc3=NC(C)C)cs2)cc1OC. The first-order valence-electron chi connectivity index (χ1n) is 8.93. The topological polar surface area (TPSA) is 65.7 Å². The van der Waals surface area contributed by atoms with Crippen molar-refractivity contribution in [1.82, 2.24) is 9.55 Å². The van der Waals surface area contributed by atoms with E-state index >= 15 is 0 Å². The van der Waals surface area contributed by atoms with Gasteiger partial charge < -0.3 is 9.47 Å². The Morgan fingerprint density at radius 3 is 2.68 bits per heavy atom. The monoisotopic (exact) mass is 397 g/mol. The Kier molecular flexibility index (Phi) is 6.26. The van der Waals surface area contributed by atoms with Gasteiger partial charge in [-0.05, 0) is 44.2 Å². The van der Waals surface area contributed by atoms with Gasteiger partial charge in [-0.2, -0.15) is 0 Å². The molecular weight excluding hydrogens is 374 g/mol. The van der Waals surface area contributed by atoms with E-state index in [2.05, 4.69) is 9.98 Å². The molecule has 28 heavy (non-hydrogen) atoms. The van der Waals surface area contributed by atoms with Crippen molar-refractivity contribution >= 4 is 17.2 Å². The summed E-state index contributed by atoms with van der Waals surface area (Å²) in [5, 5.41) is 2.74. The van der Waals surface area contributed by atoms with Gasteiger partial charge in [0.1, 0.15) is 10.5 Å². The Morgan fingerprint density at radius 1 is 1.18 bits per heavy atom. The highest BCUT2D eigenvalue weighted by molar-refractivity contribution is 7.13. The van der Waals surface area contributed by atoms with Crippen molar-refractivity contribution in [2.45, 2.75) is 26.3 Å². The maximum atomic E-state index is 12.8. The van der Waals surface area contributed by atoms with Gasteiger partial charge >= 0.3 is 0 Å². The van der Waals surface area contributed by atoms with Crippen molar-refractivity contribution in [3.05, 3.63) is 59.2 Å². The summed E-state index contributed by atoms with van der Waals surface area (Å²) in [7, 11) is 3.20. The number of nitrogens with zero attached hydrogens (tertiary/aromatic N) is 3. The first-order chi connectivity index (χ1) is 13.5. The van der Waals surface area contributed by atoms with Crippen LogP contribution in [0.5, 0.6) is 11.5 Å². The number of pyridine rings is 1. The molecule has 6 nitrogen and oxygen atoms in total. The Labute approximate surface area is 168 Å². The predicted molar refractivity (Wildman–Crippen MR) is 110 cm³/mol. The van der Waals surface area contributed by atoms with Crippen LogP contribution in [0.1, 0.15) is 24.3 Å². The Hall–Kier alpha value is -2.93. The Balaban J connectivity index is 1.83. The van der Waals surface area contributed by atoms with Gasteiger partial charge in [0, 0.05) is 23.2 Å². The third-order valence-electron chi connectivity index (χ3n) is 4.01. The van der Waals surface area contributed by atoms with E-state index < -0.39 is 0 Å². The molecule has 0 unspecified atom stereocenters. The van der Waals surface area contributed by atoms with Crippen LogP contribution in [0, 0.1) is 0 Å². The van der Waals surface area contributed by atoms with E-state index in [1.54, 1.807) is 25.0 Å². The zero-order valence-corrected chi connectivity index (χ0v) is 17.2. The maximum absolute atomic E-state index is 12.8. The molecule has 2 heterocycles. The fourth-order valence-electron chi connectivity index (χ4n) is 2.74. The van der Waals surface area contributed by atoms with Crippen LogP contribution >= 0.6 is 11.3 Å². The van der Waals surface area contributed by atoms with E-state index in [0.29, 0.717) is 17.0 Å². The molecule has 0 spiro atoms. The highest BCUT2D eigenvalue weighted by Gasteiger charge is 2.13. The second-order valence-corrected chi connectivity index (χ2v) is 7.29. The van der Waals surface area contributed by atoms with Gasteiger partial charge in [-0.25, -0.2) is 4.98 Å². The molecule has 2 aromatic heterocycles. The lowest BCUT2D eigenvalue weighted by molar-refractivity contribution is 0.0907. The number of hydrogen-bond donors (Lipinski definition) is 0. The lowest BCUT2D eigenvalue weighted by Gasteiger charge is -2.08. The number of aromatic nitrogens is 2. The number of thiazole rings is 1. The minimum Gasteiger partial charge on any atom is -0.493 e. The van der Waals surface area contributed by atoms with Gasteiger partial charge in [0.05, 0.1) is 26.3 Å². The lowest BCUT2D eigenvalue weighted by atomic mass is 10.2. The number of rotatable bonds is 6. The van der Waals surface area contributed by atoms with E-state index in [0.717, 1.165) is 16.3 Å². The van der Waals surface area contributed by atoms with Gasteiger partial charge in [0.15, 0.2) is 11.5 Å². The minimum absolute atomic E-state index is 0.0656. The fourth-order valence-corrected chi connectivity index (χ4v) is 3.56. The fraction of sp³-hybridized carbons (Fsp3) is 0.286. The number of benzene rings is 1. The molecule has 0 N–H and O–H groups in total. The summed E-state index contributed by atoms with van der Waals surface area (Å²) in [5.74, 6) is 1.25. The van der Waals surface area contributed by atoms with E-state index in [-0.39, 0.29) is 18.4 Å². The molecule has 0 saturated heterocycles. The average Bonchev–Trinajstić information content (AvgIpc) is 3.15. The van der Waals surface area contributed by atoms with Gasteiger partial charge in [-0.3, -0.25) is 14.4 Å². The summed E-state index contributed by atoms with van der Waals surface area (Å²) < 4.78 is 12.2. The molecule has 0 radical (unpaired) electrons. The smallest absolute Gasteiger partial charge is 0.238 e. The number of carbonyl (C=O) groups is 1. The van der Waals surface area contributed by atoms with Crippen molar-refractivity contribution in [1.29, 1.82) is 0 Å². The average molecular weight is 398 g/mol. The molecule has 146 valence electrons. The summed E-state index contributed by atoms with van der Waals surface area (Å²) in [5.41, 5.74) is 2.30. The highest BCUT2D eigenvalue weighted by atomic mass is 32.1. The van der Waals surface area contributed by atoms with Gasteiger partial charge in [0.2, 0.25) is 5.91 Å². The number of methoxy groups -OCH3 is 2. The summed E-state index contributed by atoms with van der Waals surface area (Å²) in [6, 6.07) is 11.3. The zero-order valence-electron chi connectivity index (χ0n) is 16.4. The second kappa shape index (κ2) is 8.84. The van der Waals surface area contributed by atoms with Crippen molar-refractivity contribution in [3.63, 3.8) is 0 Å². The van der Waals surface area contributed by atoms with Crippen molar-refractivity contribution in [2.24, 2.45) is 4.99 Å². The summed E-state index contributed by atoms with van der Waals surface area (Å²) in [6.45, 7) is 3.97. The van der Waals surface area contributed by atoms with Gasteiger partial charge in [0.25, 0.3) is 0 Å². The molecular formula is C21H23N3O3S. The van der Waals surface area contributed by atoms with E-state index in [9.17, 15) is 4.79 Å². The highest BCUT2D eigenvalue weighted by Crippen LogP contribution is 2.33. The third-order valence-corrected chi connectivity index (χ3v) is 4.95. The molecule has 0 amide bonds. The van der Waals surface area contributed by atoms with E-state index in [4.69, 9.17) is 9.47 Å². The van der Waals surface area contributed by atoms with Crippen LogP contribution in [0.15, 0.2) is 53.0 Å². The molecule has 0 aliphatic heterocycles. The molecule has 0 fully saturated rings. The quantitative estimate of drug-likeness (QED) is 0.634. The molecule has 0 aliphatic carbocycles. The standard InChI is InChI=1S/C21H23N3O3S/c1-14(2)22-19-7-5-6-10-24(19)20(25)12-16-13-28-21(23-16)15-8-9-17(26-3)18(11-15)27-4/h5-11,13-14H,12H2,1-4H3. The van der Waals surface area contributed by atoms with Gasteiger partial charge in [-0.1, -0.05) is 6.07 Å². The summed E-state index contributed by atoms with van der Waals surface area (Å²) >= 11 is 1.49. The van der Waals surface area contributed by atoms with Crippen LogP contribution < -0.4 is 15.0 Å². The van der Waals surface area contributed by atoms with E-state index in [1.807, 2.05) is 55.6 Å². The van der Waals surface area contributed by atoms with Crippen molar-refractivity contribution < 1.29 is 14.3 Å². The van der Waals surface area contributed by atoms with Crippen molar-refractivity contribution in [3.8, 4) is 22.1 Å². The van der Waals surface area contributed by atoms with Gasteiger partial charge in [-0.15, -0.1) is 11.3 Å². The molecule has 0 saturated carbocycles. The Bertz CT molecular complexity index is 1040. The molecule has 3 rings (SSSR count). The number of ether oxygens (including phenoxy) is 2. The lowest BCUT2D eigenvalue weighted by Crippen LogP contribution is -2.28. The van der Waals surface area contributed by atoms with Crippen molar-refractivity contribution in [2.75, 3.05) is 14.2 Å². The van der Waals surface area contributed by atoms with Crippen LogP contribution in [-0.4, -0.2) is 35.7 Å². The molecule has 7 heteroatoms. The number of hydrogen-bond acceptors (Lipinski definition) is 6. The van der Waals surface area contributed by atoms with E-state index in [1.165, 1.54) is 11.3 Å². The third kappa shape index (κ3) is 4.48. The second-order valence-electron chi connectivity index (χ2n) is 6.44. The van der Waals surface area contributed by atoms with Crippen LogP contribution in [0.25, 0.3) is 10.6 Å². The summed E-state index contributed by atoms with van der Waals surface area (Å²) in [6.07, 6.45) is 1.95. The molecule has 3 aromatic rings. The first kappa shape index (κ1) is 19.8. The summed E-state index contributed by atoms with van der Waals surface area (Å²) in [4.78, 5) is 21.9. The molecule has 0 aliphatic rings.